The van der Waals surface area contributed by atoms with E-state index >= 15 is 0 Å². The third-order valence-corrected chi connectivity index (χ3v) is 10.1. The van der Waals surface area contributed by atoms with Gasteiger partial charge in [0, 0.05) is 12.8 Å². The molecule has 0 heterocycles. The molecular weight excluding hydrogens is 791 g/mol. The van der Waals surface area contributed by atoms with E-state index < -0.39 is 24.3 Å². The summed E-state index contributed by atoms with van der Waals surface area (Å²) in [5, 5.41) is 11.7. The van der Waals surface area contributed by atoms with Crippen molar-refractivity contribution in [2.45, 2.75) is 193 Å². The molecule has 0 radical (unpaired) electrons. The number of hydrogen-bond donors (Lipinski definition) is 0. The van der Waals surface area contributed by atoms with E-state index in [1.54, 1.807) is 0 Å². The molecule has 0 aromatic rings. The van der Waals surface area contributed by atoms with Crippen LogP contribution in [0.5, 0.6) is 0 Å². The van der Waals surface area contributed by atoms with E-state index in [4.69, 9.17) is 18.9 Å². The summed E-state index contributed by atoms with van der Waals surface area (Å²) in [6, 6.07) is 0. The van der Waals surface area contributed by atoms with E-state index in [1.165, 1.54) is 44.9 Å². The molecule has 2 unspecified atom stereocenters. The number of hydrogen-bond acceptors (Lipinski definition) is 8. The Labute approximate surface area is 385 Å². The molecular formula is C54H91NO8. The van der Waals surface area contributed by atoms with Gasteiger partial charge in [0.2, 0.25) is 0 Å². The molecule has 0 rings (SSSR count). The van der Waals surface area contributed by atoms with E-state index in [2.05, 4.69) is 98.9 Å². The van der Waals surface area contributed by atoms with E-state index in [1.807, 2.05) is 21.1 Å². The van der Waals surface area contributed by atoms with Gasteiger partial charge in [-0.05, 0) is 89.9 Å². The fourth-order valence-corrected chi connectivity index (χ4v) is 6.30. The highest BCUT2D eigenvalue weighted by molar-refractivity contribution is 5.70. The first-order valence-electron chi connectivity index (χ1n) is 24.7. The summed E-state index contributed by atoms with van der Waals surface area (Å²) in [7, 11) is 5.89. The van der Waals surface area contributed by atoms with Gasteiger partial charge in [-0.25, -0.2) is 0 Å². The largest absolute Gasteiger partial charge is 0.545 e. The first kappa shape index (κ1) is 59.5. The Morgan fingerprint density at radius 3 is 1.35 bits per heavy atom. The molecule has 0 aromatic carbocycles. The molecule has 0 saturated carbocycles. The van der Waals surface area contributed by atoms with Crippen LogP contribution in [0.1, 0.15) is 181 Å². The number of allylic oxidation sites excluding steroid dienone is 14. The molecule has 0 N–H and O–H groups in total. The summed E-state index contributed by atoms with van der Waals surface area (Å²) in [5.41, 5.74) is 0. The third kappa shape index (κ3) is 46.3. The average molecular weight is 882 g/mol. The number of aliphatic carboxylic acids is 1. The number of carboxylic acid groups (broad SMARTS) is 1. The third-order valence-electron chi connectivity index (χ3n) is 10.1. The summed E-state index contributed by atoms with van der Waals surface area (Å²) < 4.78 is 22.6. The van der Waals surface area contributed by atoms with Gasteiger partial charge in [0.15, 0.2) is 12.4 Å². The number of likely N-dealkylation sites (N-methyl/N-ethyl adjacent to an activating group) is 1. The van der Waals surface area contributed by atoms with Crippen molar-refractivity contribution in [3.05, 3.63) is 85.1 Å². The Bertz CT molecular complexity index is 1300. The van der Waals surface area contributed by atoms with Crippen LogP contribution >= 0.6 is 0 Å². The quantitative estimate of drug-likeness (QED) is 0.0196. The second kappa shape index (κ2) is 45.1. The lowest BCUT2D eigenvalue weighted by Crippen LogP contribution is -2.44. The summed E-state index contributed by atoms with van der Waals surface area (Å²) >= 11 is 0. The van der Waals surface area contributed by atoms with Crippen LogP contribution in [0.15, 0.2) is 85.1 Å². The molecule has 9 heteroatoms. The minimum atomic E-state index is -1.63. The maximum absolute atomic E-state index is 12.8. The van der Waals surface area contributed by atoms with Gasteiger partial charge in [0.1, 0.15) is 13.2 Å². The number of rotatable bonds is 44. The number of quaternary nitrogens is 1. The van der Waals surface area contributed by atoms with Gasteiger partial charge < -0.3 is 33.3 Å². The van der Waals surface area contributed by atoms with Gasteiger partial charge in [-0.15, -0.1) is 0 Å². The number of carbonyl (C=O) groups excluding carboxylic acids is 3. The van der Waals surface area contributed by atoms with E-state index in [9.17, 15) is 19.5 Å². The lowest BCUT2D eigenvalue weighted by molar-refractivity contribution is -0.870. The molecule has 0 amide bonds. The second-order valence-electron chi connectivity index (χ2n) is 17.4. The van der Waals surface area contributed by atoms with Crippen LogP contribution in [-0.4, -0.2) is 82.3 Å². The zero-order chi connectivity index (χ0) is 46.3. The predicted molar refractivity (Wildman–Crippen MR) is 260 cm³/mol. The van der Waals surface area contributed by atoms with Crippen LogP contribution in [0, 0.1) is 0 Å². The molecule has 63 heavy (non-hydrogen) atoms. The highest BCUT2D eigenvalue weighted by atomic mass is 16.7. The zero-order valence-electron chi connectivity index (χ0n) is 40.7. The molecule has 0 aliphatic heterocycles. The molecule has 0 fully saturated rings. The zero-order valence-corrected chi connectivity index (χ0v) is 40.7. The molecule has 0 spiro atoms. The minimum absolute atomic E-state index is 0.138. The smallest absolute Gasteiger partial charge is 0.306 e. The van der Waals surface area contributed by atoms with Gasteiger partial charge in [-0.3, -0.25) is 9.59 Å². The summed E-state index contributed by atoms with van der Waals surface area (Å²) in [6.45, 7) is 4.55. The molecule has 0 aliphatic rings. The Morgan fingerprint density at radius 1 is 0.492 bits per heavy atom. The SMILES string of the molecule is CC/C=C\C/C=C\C/C=C\C/C=C\C/C=C\CCCCCCCC(=O)OC(COC(=O)CCCCCCCCC/C=C\C/C=C\CCCCC)COC(OCC[N+](C)(C)C)C(=O)[O-]. The van der Waals surface area contributed by atoms with Crippen LogP contribution in [0.25, 0.3) is 0 Å². The molecule has 0 aromatic heterocycles. The van der Waals surface area contributed by atoms with Crippen LogP contribution in [0.4, 0.5) is 0 Å². The van der Waals surface area contributed by atoms with E-state index in [0.29, 0.717) is 17.4 Å². The van der Waals surface area contributed by atoms with Gasteiger partial charge in [-0.2, -0.15) is 0 Å². The Balaban J connectivity index is 4.45. The first-order chi connectivity index (χ1) is 30.6. The van der Waals surface area contributed by atoms with Crippen molar-refractivity contribution in [2.24, 2.45) is 0 Å². The number of ether oxygens (including phenoxy) is 4. The van der Waals surface area contributed by atoms with Crippen molar-refractivity contribution in [1.29, 1.82) is 0 Å². The standard InChI is InChI=1S/C54H91NO8/c1-6-8-10-12-14-16-18-20-22-24-25-26-27-29-31-33-35-37-39-41-43-45-52(57)63-50(49-62-54(53(58)59)60-47-46-55(3,4)5)48-61-51(56)44-42-40-38-36-34-32-30-28-23-21-19-17-15-13-11-9-7-2/h8,10,14-17,20-23,25-26,29,31,50,54H,6-7,9,11-13,18-19,24,27-28,30,32-49H2,1-5H3/b10-8-,16-14-,17-15-,22-20-,23-21-,26-25-,31-29-. The fraction of sp³-hybridized carbons (Fsp3) is 0.685. The predicted octanol–water partition coefficient (Wildman–Crippen LogP) is 12.3. The number of carbonyl (C=O) groups is 3. The highest BCUT2D eigenvalue weighted by Gasteiger charge is 2.21. The van der Waals surface area contributed by atoms with Crippen molar-refractivity contribution in [3.63, 3.8) is 0 Å². The summed E-state index contributed by atoms with van der Waals surface area (Å²) in [6.07, 6.45) is 54.6. The van der Waals surface area contributed by atoms with Gasteiger partial charge in [-0.1, -0.05) is 163 Å². The van der Waals surface area contributed by atoms with E-state index in [-0.39, 0.29) is 38.6 Å². The van der Waals surface area contributed by atoms with Gasteiger partial charge in [0.05, 0.1) is 40.3 Å². The van der Waals surface area contributed by atoms with Crippen molar-refractivity contribution < 1.29 is 42.9 Å². The fourth-order valence-electron chi connectivity index (χ4n) is 6.30. The summed E-state index contributed by atoms with van der Waals surface area (Å²) in [5.74, 6) is -2.33. The van der Waals surface area contributed by atoms with Crippen LogP contribution in [0.2, 0.25) is 0 Å². The molecule has 9 nitrogen and oxygen atoms in total. The maximum atomic E-state index is 12.8. The monoisotopic (exact) mass is 882 g/mol. The van der Waals surface area contributed by atoms with Crippen LogP contribution < -0.4 is 5.11 Å². The topological polar surface area (TPSA) is 111 Å². The number of nitrogens with zero attached hydrogens (tertiary/aromatic N) is 1. The van der Waals surface area contributed by atoms with Crippen LogP contribution in [0.3, 0.4) is 0 Å². The molecule has 0 bridgehead atoms. The maximum Gasteiger partial charge on any atom is 0.306 e. The van der Waals surface area contributed by atoms with Gasteiger partial charge >= 0.3 is 11.9 Å². The normalized spacial score (nSPS) is 13.6. The van der Waals surface area contributed by atoms with Crippen molar-refractivity contribution >= 4 is 17.9 Å². The van der Waals surface area contributed by atoms with Gasteiger partial charge in [0.25, 0.3) is 0 Å². The lowest BCUT2D eigenvalue weighted by atomic mass is 10.1. The second-order valence-corrected chi connectivity index (χ2v) is 17.4. The molecule has 0 saturated heterocycles. The van der Waals surface area contributed by atoms with Crippen LogP contribution in [-0.2, 0) is 33.3 Å². The van der Waals surface area contributed by atoms with Crippen molar-refractivity contribution in [2.75, 3.05) is 47.5 Å². The van der Waals surface area contributed by atoms with Crippen molar-refractivity contribution in [3.8, 4) is 0 Å². The Morgan fingerprint density at radius 2 is 0.905 bits per heavy atom. The number of carboxylic acids is 1. The minimum Gasteiger partial charge on any atom is -0.545 e. The Hall–Kier alpha value is -3.53. The van der Waals surface area contributed by atoms with Crippen molar-refractivity contribution in [1.82, 2.24) is 0 Å². The summed E-state index contributed by atoms with van der Waals surface area (Å²) in [4.78, 5) is 37.1. The average Bonchev–Trinajstić information content (AvgIpc) is 3.24. The number of esters is 2. The Kier molecular flexibility index (Phi) is 42.5. The first-order valence-corrected chi connectivity index (χ1v) is 24.7. The molecule has 360 valence electrons. The lowest BCUT2D eigenvalue weighted by Gasteiger charge is -2.26. The van der Waals surface area contributed by atoms with E-state index in [0.717, 1.165) is 103 Å². The molecule has 0 aliphatic carbocycles. The number of unbranched alkanes of at least 4 members (excludes halogenated alkanes) is 15. The molecule has 2 atom stereocenters. The highest BCUT2D eigenvalue weighted by Crippen LogP contribution is 2.13.